The molecule has 8 nitrogen and oxygen atoms in total. The number of nitro benzene ring substituents is 1. The molecule has 0 spiro atoms. The molecule has 10 heteroatoms. The van der Waals surface area contributed by atoms with Crippen LogP contribution in [0, 0.1) is 22.0 Å². The molecule has 4 atom stereocenters. The minimum atomic E-state index is -0.863. The summed E-state index contributed by atoms with van der Waals surface area (Å²) in [6.45, 7) is 0. The molecule has 2 fully saturated rings. The largest absolute Gasteiger partial charge is 0.282 e. The average Bonchev–Trinajstić information content (AvgIpc) is 2.80. The van der Waals surface area contributed by atoms with E-state index in [0.717, 1.165) is 0 Å². The maximum atomic E-state index is 12.5. The quantitative estimate of drug-likeness (QED) is 0.312. The highest BCUT2D eigenvalue weighted by Gasteiger charge is 2.52. The first-order valence-electron chi connectivity index (χ1n) is 7.51. The molecule has 132 valence electrons. The van der Waals surface area contributed by atoms with E-state index >= 15 is 0 Å². The van der Waals surface area contributed by atoms with E-state index in [1.54, 1.807) is 0 Å². The van der Waals surface area contributed by atoms with Crippen LogP contribution in [0.5, 0.6) is 0 Å². The van der Waals surface area contributed by atoms with Crippen LogP contribution >= 0.6 is 31.9 Å². The maximum absolute atomic E-state index is 12.5. The maximum Gasteiger partial charge on any atom is 0.282 e. The summed E-state index contributed by atoms with van der Waals surface area (Å²) in [5.41, 5.74) is 1.64. The highest BCUT2D eigenvalue weighted by molar-refractivity contribution is 9.12. The summed E-state index contributed by atoms with van der Waals surface area (Å²) in [7, 11) is 0. The number of alkyl halides is 2. The van der Waals surface area contributed by atoms with Gasteiger partial charge in [-0.3, -0.25) is 29.9 Å². The lowest BCUT2D eigenvalue weighted by Crippen LogP contribution is -2.46. The first-order valence-corrected chi connectivity index (χ1v) is 9.34. The molecule has 2 aliphatic rings. The number of rotatable bonds is 3. The minimum absolute atomic E-state index is 0.0522. The number of para-hydroxylation sites is 1. The summed E-state index contributed by atoms with van der Waals surface area (Å²) in [4.78, 5) is 47.8. The zero-order valence-electron chi connectivity index (χ0n) is 12.7. The number of hydrazine groups is 1. The second kappa shape index (κ2) is 6.83. The Morgan fingerprint density at radius 2 is 1.64 bits per heavy atom. The number of carbonyl (C=O) groups is 3. The van der Waals surface area contributed by atoms with Crippen LogP contribution in [-0.2, 0) is 9.59 Å². The number of nitrogens with one attached hydrogen (secondary N) is 1. The van der Waals surface area contributed by atoms with Crippen LogP contribution in [-0.4, -0.2) is 37.3 Å². The lowest BCUT2D eigenvalue weighted by Gasteiger charge is -2.29. The van der Waals surface area contributed by atoms with Crippen LogP contribution in [0.25, 0.3) is 0 Å². The Morgan fingerprint density at radius 3 is 2.16 bits per heavy atom. The van der Waals surface area contributed by atoms with Crippen LogP contribution in [0.15, 0.2) is 24.3 Å². The highest BCUT2D eigenvalue weighted by atomic mass is 79.9. The first-order chi connectivity index (χ1) is 11.8. The van der Waals surface area contributed by atoms with Crippen LogP contribution in [0.4, 0.5) is 5.69 Å². The van der Waals surface area contributed by atoms with Crippen LogP contribution in [0.2, 0.25) is 0 Å². The van der Waals surface area contributed by atoms with Gasteiger partial charge < -0.3 is 0 Å². The molecule has 1 N–H and O–H groups in total. The number of halogens is 2. The van der Waals surface area contributed by atoms with Crippen molar-refractivity contribution in [2.45, 2.75) is 22.5 Å². The highest BCUT2D eigenvalue weighted by Crippen LogP contribution is 2.42. The van der Waals surface area contributed by atoms with Crippen molar-refractivity contribution in [3.63, 3.8) is 0 Å². The van der Waals surface area contributed by atoms with E-state index in [9.17, 15) is 24.5 Å². The summed E-state index contributed by atoms with van der Waals surface area (Å²) in [6.07, 6.45) is 0.950. The predicted molar refractivity (Wildman–Crippen MR) is 94.1 cm³/mol. The Morgan fingerprint density at radius 1 is 1.12 bits per heavy atom. The average molecular weight is 475 g/mol. The van der Waals surface area contributed by atoms with Gasteiger partial charge in [0.25, 0.3) is 23.4 Å². The molecule has 1 saturated carbocycles. The molecule has 1 aromatic rings. The summed E-state index contributed by atoms with van der Waals surface area (Å²) in [5, 5.41) is 11.7. The van der Waals surface area contributed by atoms with Crippen molar-refractivity contribution in [1.82, 2.24) is 10.4 Å². The smallest absolute Gasteiger partial charge is 0.272 e. The summed E-state index contributed by atoms with van der Waals surface area (Å²) >= 11 is 6.96. The van der Waals surface area contributed by atoms with E-state index in [1.165, 1.54) is 24.3 Å². The second-order valence-electron chi connectivity index (χ2n) is 5.94. The van der Waals surface area contributed by atoms with Gasteiger partial charge in [0.1, 0.15) is 5.56 Å². The molecule has 0 bridgehead atoms. The van der Waals surface area contributed by atoms with E-state index < -0.39 is 40.2 Å². The molecule has 1 aromatic carbocycles. The van der Waals surface area contributed by atoms with Gasteiger partial charge in [0.05, 0.1) is 16.8 Å². The van der Waals surface area contributed by atoms with Gasteiger partial charge in [-0.25, -0.2) is 0 Å². The Labute approximate surface area is 159 Å². The molecule has 1 heterocycles. The summed E-state index contributed by atoms with van der Waals surface area (Å²) < 4.78 is 0. The number of imide groups is 1. The van der Waals surface area contributed by atoms with Gasteiger partial charge >= 0.3 is 0 Å². The molecular formula is C15H13Br2N3O5. The Hall–Kier alpha value is -1.81. The van der Waals surface area contributed by atoms with Crippen molar-refractivity contribution in [3.8, 4) is 0 Å². The second-order valence-corrected chi connectivity index (χ2v) is 8.30. The van der Waals surface area contributed by atoms with Crippen molar-refractivity contribution >= 4 is 55.3 Å². The number of fused-ring (bicyclic) bond motifs is 1. The van der Waals surface area contributed by atoms with E-state index in [2.05, 4.69) is 37.3 Å². The van der Waals surface area contributed by atoms with Crippen LogP contribution < -0.4 is 5.43 Å². The van der Waals surface area contributed by atoms with Crippen molar-refractivity contribution < 1.29 is 19.3 Å². The minimum Gasteiger partial charge on any atom is -0.272 e. The van der Waals surface area contributed by atoms with Crippen LogP contribution in [0.1, 0.15) is 23.2 Å². The van der Waals surface area contributed by atoms with Gasteiger partial charge in [0.2, 0.25) is 0 Å². The van der Waals surface area contributed by atoms with Crippen molar-refractivity contribution in [3.05, 3.63) is 39.9 Å². The molecule has 0 aromatic heterocycles. The standard InChI is InChI=1S/C15H13Br2N3O5/c16-10-5-8-9(6-11(10)17)15(23)19(14(8)22)18-13(21)7-3-1-2-4-12(7)20(24)25/h1-4,8-11H,5-6H2,(H,18,21)/t8-,9+,10+,11-. The molecular weight excluding hydrogens is 462 g/mol. The molecule has 3 rings (SSSR count). The van der Waals surface area contributed by atoms with Gasteiger partial charge in [-0.1, -0.05) is 44.0 Å². The number of carbonyl (C=O) groups excluding carboxylic acids is 3. The fourth-order valence-electron chi connectivity index (χ4n) is 3.19. The van der Waals surface area contributed by atoms with Crippen molar-refractivity contribution in [1.29, 1.82) is 0 Å². The molecule has 25 heavy (non-hydrogen) atoms. The van der Waals surface area contributed by atoms with Crippen molar-refractivity contribution in [2.75, 3.05) is 0 Å². The number of nitrogens with zero attached hydrogens (tertiary/aromatic N) is 2. The zero-order chi connectivity index (χ0) is 18.3. The third-order valence-corrected chi connectivity index (χ3v) is 7.20. The zero-order valence-corrected chi connectivity index (χ0v) is 15.9. The van der Waals surface area contributed by atoms with E-state index in [4.69, 9.17) is 0 Å². The fourth-order valence-corrected chi connectivity index (χ4v) is 4.43. The Kier molecular flexibility index (Phi) is 4.92. The van der Waals surface area contributed by atoms with Crippen molar-refractivity contribution in [2.24, 2.45) is 11.8 Å². The number of benzene rings is 1. The predicted octanol–water partition coefficient (Wildman–Crippen LogP) is 2.16. The monoisotopic (exact) mass is 473 g/mol. The van der Waals surface area contributed by atoms with Gasteiger partial charge in [0.15, 0.2) is 0 Å². The van der Waals surface area contributed by atoms with E-state index in [0.29, 0.717) is 17.9 Å². The number of amides is 3. The summed E-state index contributed by atoms with van der Waals surface area (Å²) in [6, 6.07) is 5.36. The van der Waals surface area contributed by atoms with E-state index in [-0.39, 0.29) is 15.2 Å². The van der Waals surface area contributed by atoms with E-state index in [1.807, 2.05) is 0 Å². The molecule has 1 saturated heterocycles. The Bertz CT molecular complexity index is 743. The molecule has 0 radical (unpaired) electrons. The van der Waals surface area contributed by atoms with Gasteiger partial charge in [-0.05, 0) is 18.9 Å². The fraction of sp³-hybridized carbons (Fsp3) is 0.400. The topological polar surface area (TPSA) is 110 Å². The van der Waals surface area contributed by atoms with Gasteiger partial charge in [-0.15, -0.1) is 0 Å². The number of hydrogen-bond donors (Lipinski definition) is 1. The van der Waals surface area contributed by atoms with Gasteiger partial charge in [-0.2, -0.15) is 5.01 Å². The number of hydrogen-bond acceptors (Lipinski definition) is 5. The first kappa shape index (κ1) is 18.0. The van der Waals surface area contributed by atoms with Crippen LogP contribution in [0.3, 0.4) is 0 Å². The molecule has 3 amide bonds. The summed E-state index contributed by atoms with van der Waals surface area (Å²) in [5.74, 6) is -2.83. The molecule has 1 aliphatic carbocycles. The van der Waals surface area contributed by atoms with Gasteiger partial charge in [0, 0.05) is 15.7 Å². The third-order valence-electron chi connectivity index (χ3n) is 4.47. The normalized spacial score (nSPS) is 28.6. The third kappa shape index (κ3) is 3.20. The molecule has 0 unspecified atom stereocenters. The lowest BCUT2D eigenvalue weighted by atomic mass is 9.81. The lowest BCUT2D eigenvalue weighted by molar-refractivity contribution is -0.385. The Balaban J connectivity index is 1.82. The molecule has 1 aliphatic heterocycles. The number of nitro groups is 1. The SMILES string of the molecule is O=C(NN1C(=O)[C@H]2C[C@@H](Br)[C@@H](Br)C[C@H]2C1=O)c1ccccc1[N+](=O)[O-].